The molecule has 7 heavy (non-hydrogen) atoms. The molecular weight excluding hydrogens is 111 g/mol. The average Bonchev–Trinajstić information content (AvgIpc) is 1.58. The third-order valence-corrected chi connectivity index (χ3v) is 1.85. The molecule has 0 bridgehead atoms. The molecular formula is C5H9FS. The summed E-state index contributed by atoms with van der Waals surface area (Å²) >= 11 is 4.13. The lowest BCUT2D eigenvalue weighted by molar-refractivity contribution is 0.253. The molecule has 1 rings (SSSR count). The molecule has 0 atom stereocenters. The summed E-state index contributed by atoms with van der Waals surface area (Å²) in [6, 6.07) is 0. The fourth-order valence-corrected chi connectivity index (χ4v) is 1.42. The van der Waals surface area contributed by atoms with Crippen LogP contribution in [-0.2, 0) is 0 Å². The molecule has 42 valence electrons. The maximum absolute atomic E-state index is 11.6. The Kier molecular flexibility index (Phi) is 1.57. The van der Waals surface area contributed by atoms with E-state index in [9.17, 15) is 4.39 Å². The van der Waals surface area contributed by atoms with Crippen LogP contribution >= 0.6 is 12.6 Å². The van der Waals surface area contributed by atoms with Crippen LogP contribution in [0.3, 0.4) is 0 Å². The SMILES string of the molecule is FCC1CC(S)C1. The lowest BCUT2D eigenvalue weighted by Gasteiger charge is -2.28. The summed E-state index contributed by atoms with van der Waals surface area (Å²) < 4.78 is 11.6. The molecule has 1 aliphatic rings. The molecule has 0 N–H and O–H groups in total. The van der Waals surface area contributed by atoms with Crippen LogP contribution in [0.1, 0.15) is 12.8 Å². The first kappa shape index (κ1) is 5.42. The zero-order chi connectivity index (χ0) is 5.28. The predicted molar refractivity (Wildman–Crippen MR) is 31.5 cm³/mol. The van der Waals surface area contributed by atoms with Crippen molar-refractivity contribution in [2.45, 2.75) is 18.1 Å². The number of halogens is 1. The number of alkyl halides is 1. The fourth-order valence-electron chi connectivity index (χ4n) is 0.826. The highest BCUT2D eigenvalue weighted by Gasteiger charge is 2.25. The van der Waals surface area contributed by atoms with Gasteiger partial charge in [-0.1, -0.05) is 0 Å². The lowest BCUT2D eigenvalue weighted by Crippen LogP contribution is -2.25. The minimum absolute atomic E-state index is 0.142. The molecule has 0 aliphatic heterocycles. The average molecular weight is 120 g/mol. The molecule has 1 fully saturated rings. The molecule has 0 unspecified atom stereocenters. The Morgan fingerprint density at radius 1 is 1.57 bits per heavy atom. The Hall–Kier alpha value is 0.280. The third-order valence-electron chi connectivity index (χ3n) is 1.43. The largest absolute Gasteiger partial charge is 0.251 e. The van der Waals surface area contributed by atoms with Crippen molar-refractivity contribution < 1.29 is 4.39 Å². The maximum Gasteiger partial charge on any atom is 0.0923 e. The van der Waals surface area contributed by atoms with Crippen molar-refractivity contribution in [2.24, 2.45) is 5.92 Å². The lowest BCUT2D eigenvalue weighted by atomic mass is 9.86. The molecule has 0 saturated heterocycles. The Morgan fingerprint density at radius 2 is 2.14 bits per heavy atom. The van der Waals surface area contributed by atoms with E-state index in [1.54, 1.807) is 0 Å². The first-order valence-electron chi connectivity index (χ1n) is 2.57. The van der Waals surface area contributed by atoms with Crippen LogP contribution in [0.2, 0.25) is 0 Å². The zero-order valence-corrected chi connectivity index (χ0v) is 5.00. The van der Waals surface area contributed by atoms with E-state index < -0.39 is 0 Å². The van der Waals surface area contributed by atoms with Gasteiger partial charge in [-0.25, -0.2) is 0 Å². The molecule has 0 radical (unpaired) electrons. The molecule has 0 spiro atoms. The normalized spacial score (nSPS) is 40.3. The van der Waals surface area contributed by atoms with Gasteiger partial charge >= 0.3 is 0 Å². The van der Waals surface area contributed by atoms with Gasteiger partial charge in [-0.3, -0.25) is 4.39 Å². The van der Waals surface area contributed by atoms with Gasteiger partial charge in [-0.2, -0.15) is 12.6 Å². The van der Waals surface area contributed by atoms with Gasteiger partial charge in [0.25, 0.3) is 0 Å². The van der Waals surface area contributed by atoms with Crippen molar-refractivity contribution in [3.05, 3.63) is 0 Å². The van der Waals surface area contributed by atoms with Gasteiger partial charge in [0.15, 0.2) is 0 Å². The Balaban J connectivity index is 2.06. The van der Waals surface area contributed by atoms with Gasteiger partial charge in [0.05, 0.1) is 6.67 Å². The van der Waals surface area contributed by atoms with Gasteiger partial charge < -0.3 is 0 Å². The van der Waals surface area contributed by atoms with E-state index >= 15 is 0 Å². The van der Waals surface area contributed by atoms with Crippen LogP contribution in [0.15, 0.2) is 0 Å². The minimum atomic E-state index is -0.142. The summed E-state index contributed by atoms with van der Waals surface area (Å²) in [6.45, 7) is -0.142. The summed E-state index contributed by atoms with van der Waals surface area (Å²) in [6.07, 6.45) is 1.97. The third kappa shape index (κ3) is 1.09. The summed E-state index contributed by atoms with van der Waals surface area (Å²) in [5, 5.41) is 0.501. The van der Waals surface area contributed by atoms with Gasteiger partial charge in [-0.05, 0) is 18.8 Å². The molecule has 0 aromatic carbocycles. The minimum Gasteiger partial charge on any atom is -0.251 e. The molecule has 0 nitrogen and oxygen atoms in total. The highest BCUT2D eigenvalue weighted by atomic mass is 32.1. The number of rotatable bonds is 1. The fraction of sp³-hybridized carbons (Fsp3) is 1.00. The molecule has 2 heteroatoms. The first-order valence-corrected chi connectivity index (χ1v) is 3.08. The highest BCUT2D eigenvalue weighted by molar-refractivity contribution is 7.81. The van der Waals surface area contributed by atoms with E-state index in [4.69, 9.17) is 0 Å². The standard InChI is InChI=1S/C5H9FS/c6-3-4-1-5(7)2-4/h4-5,7H,1-3H2. The van der Waals surface area contributed by atoms with E-state index in [0.29, 0.717) is 11.2 Å². The zero-order valence-electron chi connectivity index (χ0n) is 4.10. The van der Waals surface area contributed by atoms with Gasteiger partial charge in [-0.15, -0.1) is 0 Å². The summed E-state index contributed by atoms with van der Waals surface area (Å²) in [5.41, 5.74) is 0. The maximum atomic E-state index is 11.6. The van der Waals surface area contributed by atoms with Crippen molar-refractivity contribution >= 4 is 12.6 Å². The van der Waals surface area contributed by atoms with Crippen molar-refractivity contribution in [3.8, 4) is 0 Å². The molecule has 1 aliphatic carbocycles. The molecule has 0 aromatic heterocycles. The van der Waals surface area contributed by atoms with Gasteiger partial charge in [0, 0.05) is 5.25 Å². The molecule has 0 aromatic rings. The smallest absolute Gasteiger partial charge is 0.0923 e. The first-order chi connectivity index (χ1) is 3.33. The predicted octanol–water partition coefficient (Wildman–Crippen LogP) is 1.66. The second kappa shape index (κ2) is 2.03. The van der Waals surface area contributed by atoms with Crippen molar-refractivity contribution in [2.75, 3.05) is 6.67 Å². The van der Waals surface area contributed by atoms with E-state index in [-0.39, 0.29) is 6.67 Å². The van der Waals surface area contributed by atoms with Crippen molar-refractivity contribution in [3.63, 3.8) is 0 Å². The highest BCUT2D eigenvalue weighted by Crippen LogP contribution is 2.31. The summed E-state index contributed by atoms with van der Waals surface area (Å²) in [4.78, 5) is 0. The number of hydrogen-bond donors (Lipinski definition) is 1. The van der Waals surface area contributed by atoms with E-state index in [0.717, 1.165) is 12.8 Å². The molecule has 0 amide bonds. The second-order valence-electron chi connectivity index (χ2n) is 2.15. The Morgan fingerprint density at radius 3 is 2.29 bits per heavy atom. The van der Waals surface area contributed by atoms with E-state index in [1.165, 1.54) is 0 Å². The molecule has 0 heterocycles. The second-order valence-corrected chi connectivity index (χ2v) is 2.88. The quantitative estimate of drug-likeness (QED) is 0.500. The summed E-state index contributed by atoms with van der Waals surface area (Å²) in [5.74, 6) is 0.350. The monoisotopic (exact) mass is 120 g/mol. The van der Waals surface area contributed by atoms with Crippen LogP contribution in [0, 0.1) is 5.92 Å². The topological polar surface area (TPSA) is 0 Å². The van der Waals surface area contributed by atoms with E-state index in [2.05, 4.69) is 12.6 Å². The van der Waals surface area contributed by atoms with Crippen LogP contribution in [-0.4, -0.2) is 11.9 Å². The van der Waals surface area contributed by atoms with Crippen LogP contribution < -0.4 is 0 Å². The Labute approximate surface area is 48.5 Å². The van der Waals surface area contributed by atoms with Crippen molar-refractivity contribution in [1.82, 2.24) is 0 Å². The molecule has 1 saturated carbocycles. The van der Waals surface area contributed by atoms with Gasteiger partial charge in [0.2, 0.25) is 0 Å². The van der Waals surface area contributed by atoms with Crippen LogP contribution in [0.5, 0.6) is 0 Å². The van der Waals surface area contributed by atoms with Crippen LogP contribution in [0.25, 0.3) is 0 Å². The number of hydrogen-bond acceptors (Lipinski definition) is 1. The number of thiol groups is 1. The summed E-state index contributed by atoms with van der Waals surface area (Å²) in [7, 11) is 0. The van der Waals surface area contributed by atoms with E-state index in [1.807, 2.05) is 0 Å². The Bertz CT molecular complexity index is 59.1. The van der Waals surface area contributed by atoms with Gasteiger partial charge in [0.1, 0.15) is 0 Å². The van der Waals surface area contributed by atoms with Crippen molar-refractivity contribution in [1.29, 1.82) is 0 Å². The van der Waals surface area contributed by atoms with Crippen LogP contribution in [0.4, 0.5) is 4.39 Å².